The molecule has 0 aliphatic rings. The Morgan fingerprint density at radius 2 is 1.56 bits per heavy atom. The van der Waals surface area contributed by atoms with Gasteiger partial charge in [0.2, 0.25) is 0 Å². The maximum absolute atomic E-state index is 6.49. The van der Waals surface area contributed by atoms with Gasteiger partial charge >= 0.3 is 0 Å². The van der Waals surface area contributed by atoms with Crippen LogP contribution in [-0.4, -0.2) is 0 Å². The third-order valence-corrected chi connectivity index (χ3v) is 5.14. The minimum atomic E-state index is 0.521. The van der Waals surface area contributed by atoms with Gasteiger partial charge in [0.25, 0.3) is 0 Å². The molecule has 3 heteroatoms. The molecule has 1 nitrogen and oxygen atoms in total. The van der Waals surface area contributed by atoms with Crippen molar-refractivity contribution < 1.29 is 4.74 Å². The maximum Gasteiger partial charge on any atom is 0.135 e. The zero-order valence-corrected chi connectivity index (χ0v) is 16.5. The van der Waals surface area contributed by atoms with Crippen LogP contribution in [-0.2, 0) is 19.4 Å². The molecule has 128 valence electrons. The smallest absolute Gasteiger partial charge is 0.135 e. The Hall–Kier alpha value is -1.77. The van der Waals surface area contributed by atoms with Crippen LogP contribution in [0.4, 0.5) is 0 Å². The molecule has 0 fully saturated rings. The molecular formula is C22H20BrClO. The number of hydrogen-bond donors (Lipinski definition) is 0. The Bertz CT molecular complexity index is 829. The van der Waals surface area contributed by atoms with Gasteiger partial charge in [-0.2, -0.15) is 0 Å². The summed E-state index contributed by atoms with van der Waals surface area (Å²) in [5.74, 6) is 0.763. The summed E-state index contributed by atoms with van der Waals surface area (Å²) in [4.78, 5) is 0. The molecule has 0 N–H and O–H groups in total. The van der Waals surface area contributed by atoms with Gasteiger partial charge in [0.15, 0.2) is 0 Å². The first kappa shape index (κ1) is 18.0. The molecule has 0 heterocycles. The summed E-state index contributed by atoms with van der Waals surface area (Å²) in [5, 5.41) is 0.728. The molecule has 0 amide bonds. The van der Waals surface area contributed by atoms with Crippen LogP contribution in [0, 0.1) is 0 Å². The molecule has 0 bridgehead atoms. The second-order valence-corrected chi connectivity index (χ2v) is 7.26. The quantitative estimate of drug-likeness (QED) is 0.428. The van der Waals surface area contributed by atoms with Gasteiger partial charge in [-0.25, -0.2) is 0 Å². The highest BCUT2D eigenvalue weighted by molar-refractivity contribution is 9.10. The van der Waals surface area contributed by atoms with Gasteiger partial charge in [0, 0.05) is 11.1 Å². The van der Waals surface area contributed by atoms with Crippen molar-refractivity contribution in [1.29, 1.82) is 0 Å². The van der Waals surface area contributed by atoms with Crippen molar-refractivity contribution in [3.8, 4) is 5.75 Å². The Kier molecular flexibility index (Phi) is 6.17. The first-order valence-electron chi connectivity index (χ1n) is 8.38. The molecule has 0 aromatic heterocycles. The fourth-order valence-corrected chi connectivity index (χ4v) is 3.39. The number of hydrogen-bond acceptors (Lipinski definition) is 1. The third-order valence-electron chi connectivity index (χ3n) is 4.16. The largest absolute Gasteiger partial charge is 0.488 e. The van der Waals surface area contributed by atoms with Crippen LogP contribution < -0.4 is 4.74 Å². The van der Waals surface area contributed by atoms with Crippen molar-refractivity contribution in [2.75, 3.05) is 0 Å². The van der Waals surface area contributed by atoms with Crippen molar-refractivity contribution in [1.82, 2.24) is 0 Å². The molecule has 0 aliphatic heterocycles. The van der Waals surface area contributed by atoms with E-state index in [1.165, 1.54) is 11.1 Å². The zero-order chi connectivity index (χ0) is 17.6. The summed E-state index contributed by atoms with van der Waals surface area (Å²) >= 11 is 10.1. The minimum absolute atomic E-state index is 0.521. The molecule has 0 saturated carbocycles. The lowest BCUT2D eigenvalue weighted by Crippen LogP contribution is -1.97. The third kappa shape index (κ3) is 4.87. The number of ether oxygens (including phenoxy) is 1. The Morgan fingerprint density at radius 1 is 0.880 bits per heavy atom. The molecular weight excluding hydrogens is 396 g/mol. The maximum atomic E-state index is 6.49. The highest BCUT2D eigenvalue weighted by atomic mass is 79.9. The predicted molar refractivity (Wildman–Crippen MR) is 109 cm³/mol. The second kappa shape index (κ2) is 8.55. The van der Waals surface area contributed by atoms with Crippen molar-refractivity contribution in [2.45, 2.75) is 26.4 Å². The summed E-state index contributed by atoms with van der Waals surface area (Å²) < 4.78 is 6.83. The lowest BCUT2D eigenvalue weighted by atomic mass is 10.0. The van der Waals surface area contributed by atoms with Gasteiger partial charge in [0.05, 0.1) is 4.47 Å². The molecule has 0 spiro atoms. The summed E-state index contributed by atoms with van der Waals surface area (Å²) in [7, 11) is 0. The summed E-state index contributed by atoms with van der Waals surface area (Å²) in [6.45, 7) is 2.69. The van der Waals surface area contributed by atoms with Crippen LogP contribution in [0.15, 0.2) is 71.2 Å². The molecule has 0 saturated heterocycles. The van der Waals surface area contributed by atoms with Gasteiger partial charge in [0.1, 0.15) is 12.4 Å². The number of aryl methyl sites for hydroxylation is 1. The van der Waals surface area contributed by atoms with E-state index >= 15 is 0 Å². The fourth-order valence-electron chi connectivity index (χ4n) is 2.66. The Balaban J connectivity index is 1.72. The number of benzene rings is 3. The lowest BCUT2D eigenvalue weighted by molar-refractivity contribution is 0.304. The van der Waals surface area contributed by atoms with Crippen molar-refractivity contribution in [3.63, 3.8) is 0 Å². The van der Waals surface area contributed by atoms with Gasteiger partial charge in [-0.05, 0) is 57.1 Å². The normalized spacial score (nSPS) is 10.7. The zero-order valence-electron chi connectivity index (χ0n) is 14.1. The second-order valence-electron chi connectivity index (χ2n) is 6.00. The fraction of sp³-hybridized carbons (Fsp3) is 0.182. The predicted octanol–water partition coefficient (Wildman–Crippen LogP) is 6.83. The van der Waals surface area contributed by atoms with Gasteiger partial charge < -0.3 is 4.74 Å². The number of rotatable bonds is 6. The molecule has 25 heavy (non-hydrogen) atoms. The van der Waals surface area contributed by atoms with Crippen LogP contribution in [0.25, 0.3) is 0 Å². The van der Waals surface area contributed by atoms with E-state index < -0.39 is 0 Å². The SMILES string of the molecule is CCc1ccc(Cc2cc(Br)c(OCc3ccccc3)cc2Cl)cc1. The van der Waals surface area contributed by atoms with Gasteiger partial charge in [-0.1, -0.05) is 73.1 Å². The summed E-state index contributed by atoms with van der Waals surface area (Å²) in [6.07, 6.45) is 1.86. The van der Waals surface area contributed by atoms with E-state index in [0.717, 1.165) is 39.2 Å². The van der Waals surface area contributed by atoms with Gasteiger partial charge in [-0.3, -0.25) is 0 Å². The van der Waals surface area contributed by atoms with E-state index in [1.807, 2.05) is 36.4 Å². The van der Waals surface area contributed by atoms with Crippen LogP contribution in [0.5, 0.6) is 5.75 Å². The Labute approximate surface area is 162 Å². The molecule has 0 atom stereocenters. The minimum Gasteiger partial charge on any atom is -0.488 e. The van der Waals surface area contributed by atoms with Crippen LogP contribution in [0.1, 0.15) is 29.2 Å². The highest BCUT2D eigenvalue weighted by Gasteiger charge is 2.09. The highest BCUT2D eigenvalue weighted by Crippen LogP contribution is 2.33. The van der Waals surface area contributed by atoms with Crippen molar-refractivity contribution >= 4 is 27.5 Å². The first-order valence-corrected chi connectivity index (χ1v) is 9.55. The first-order chi connectivity index (χ1) is 12.2. The molecule has 0 unspecified atom stereocenters. The van der Waals surface area contributed by atoms with E-state index in [1.54, 1.807) is 0 Å². The van der Waals surface area contributed by atoms with E-state index in [0.29, 0.717) is 6.61 Å². The molecule has 3 aromatic rings. The lowest BCUT2D eigenvalue weighted by Gasteiger charge is -2.12. The topological polar surface area (TPSA) is 9.23 Å². The molecule has 3 rings (SSSR count). The van der Waals surface area contributed by atoms with Crippen LogP contribution >= 0.6 is 27.5 Å². The van der Waals surface area contributed by atoms with E-state index in [-0.39, 0.29) is 0 Å². The Morgan fingerprint density at radius 3 is 2.24 bits per heavy atom. The standard InChI is InChI=1S/C22H20BrClO/c1-2-16-8-10-17(11-9-16)12-19-13-20(23)22(14-21(19)24)25-15-18-6-4-3-5-7-18/h3-11,13-14H,2,12,15H2,1H3. The average molecular weight is 416 g/mol. The van der Waals surface area contributed by atoms with E-state index in [4.69, 9.17) is 16.3 Å². The summed E-state index contributed by atoms with van der Waals surface area (Å²) in [6, 6.07) is 22.7. The van der Waals surface area contributed by atoms with E-state index in [9.17, 15) is 0 Å². The molecule has 0 radical (unpaired) electrons. The van der Waals surface area contributed by atoms with Crippen LogP contribution in [0.3, 0.4) is 0 Å². The van der Waals surface area contributed by atoms with Gasteiger partial charge in [-0.15, -0.1) is 0 Å². The van der Waals surface area contributed by atoms with Crippen molar-refractivity contribution in [3.05, 3.63) is 98.5 Å². The molecule has 3 aromatic carbocycles. The monoisotopic (exact) mass is 414 g/mol. The average Bonchev–Trinajstić information content (AvgIpc) is 2.65. The molecule has 0 aliphatic carbocycles. The van der Waals surface area contributed by atoms with E-state index in [2.05, 4.69) is 53.2 Å². The summed E-state index contributed by atoms with van der Waals surface area (Å²) in [5.41, 5.74) is 4.82. The number of halogens is 2. The van der Waals surface area contributed by atoms with Crippen LogP contribution in [0.2, 0.25) is 5.02 Å². The van der Waals surface area contributed by atoms with Crippen molar-refractivity contribution in [2.24, 2.45) is 0 Å².